The Morgan fingerprint density at radius 3 is 2.22 bits per heavy atom. The lowest BCUT2D eigenvalue weighted by molar-refractivity contribution is -0.362. The van der Waals surface area contributed by atoms with E-state index < -0.39 is 66.8 Å². The number of carbonyl (C=O) groups excluding carboxylic acids is 1. The summed E-state index contributed by atoms with van der Waals surface area (Å²) >= 11 is 5.66. The number of aliphatic hydroxyl groups excluding tert-OH is 1. The number of phenols is 1. The minimum atomic E-state index is -1.35. The highest BCUT2D eigenvalue weighted by atomic mass is 32.1. The molecule has 1 unspecified atom stereocenters. The van der Waals surface area contributed by atoms with Crippen LogP contribution in [0.25, 0.3) is 0 Å². The van der Waals surface area contributed by atoms with Crippen molar-refractivity contribution in [3.63, 3.8) is 0 Å². The molecule has 3 fully saturated rings. The second kappa shape index (κ2) is 22.7. The Morgan fingerprint density at radius 2 is 1.52 bits per heavy atom. The number of hydrogen-bond acceptors (Lipinski definition) is 14. The molecular weight excluding hydrogens is 831 g/mol. The Hall–Kier alpha value is -4.12. The lowest BCUT2D eigenvalue weighted by Gasteiger charge is -2.48. The van der Waals surface area contributed by atoms with Gasteiger partial charge in [-0.05, 0) is 98.6 Å². The number of phenolic OH excluding ortho intramolecular Hbond substituents is 1. The van der Waals surface area contributed by atoms with Crippen LogP contribution in [0.4, 0.5) is 0 Å². The lowest BCUT2D eigenvalue weighted by atomic mass is 9.66. The Kier molecular flexibility index (Phi) is 16.9. The Balaban J connectivity index is 0.981. The zero-order valence-electron chi connectivity index (χ0n) is 37.0. The number of allylic oxidation sites excluding steroid dienone is 4. The van der Waals surface area contributed by atoms with E-state index in [2.05, 4.69) is 36.5 Å². The molecule has 2 aromatic carbocycles. The molecule has 7 rings (SSSR count). The van der Waals surface area contributed by atoms with Gasteiger partial charge in [0.05, 0.1) is 39.5 Å². The molecule has 3 saturated heterocycles. The second-order valence-electron chi connectivity index (χ2n) is 16.9. The molecule has 0 radical (unpaired) electrons. The van der Waals surface area contributed by atoms with Crippen molar-refractivity contribution in [2.24, 2.45) is 11.8 Å². The number of cyclic esters (lactones) is 1. The maximum absolute atomic E-state index is 13.8. The standard InChI is InChI=1S/C48H65NO13S/c1-5-6-7-8-9-10-11-12-13-14-15-16-17-18-19-20-21-49-48(63)62-45-42(51)47(60-38-27-55-29(2)59-44(38)45)61-43-32-25-35-34(57-28-58-35)24-31(32)39(40-33(43)26-56-46(40)52)30-22-36(53-3)41(50)37(23-30)54-4/h9-10,12-13,22-25,29,33,38-40,42-45,47,50-51H,5-8,11,14-21,26-28H2,1-4H3,(H,49,63)/t29-,33+,38-,39-,40+,42-,43-,44?,45-,47+/m1/s1. The summed E-state index contributed by atoms with van der Waals surface area (Å²) in [4.78, 5) is 13.8. The number of rotatable bonds is 21. The third-order valence-corrected chi connectivity index (χ3v) is 12.9. The summed E-state index contributed by atoms with van der Waals surface area (Å²) in [6.45, 7) is 4.89. The molecule has 4 aliphatic heterocycles. The summed E-state index contributed by atoms with van der Waals surface area (Å²) in [6.07, 6.45) is 16.8. The van der Waals surface area contributed by atoms with Crippen LogP contribution in [0.1, 0.15) is 120 Å². The summed E-state index contributed by atoms with van der Waals surface area (Å²) in [5, 5.41) is 26.2. The molecule has 10 atom stereocenters. The van der Waals surface area contributed by atoms with Crippen LogP contribution in [-0.4, -0.2) is 99.1 Å². The van der Waals surface area contributed by atoms with Crippen molar-refractivity contribution in [2.75, 3.05) is 40.8 Å². The molecule has 14 nitrogen and oxygen atoms in total. The molecular formula is C48H65NO13S. The van der Waals surface area contributed by atoms with Crippen molar-refractivity contribution in [1.29, 1.82) is 0 Å². The van der Waals surface area contributed by atoms with Crippen LogP contribution in [0.5, 0.6) is 28.7 Å². The molecule has 3 N–H and O–H groups in total. The predicted molar refractivity (Wildman–Crippen MR) is 237 cm³/mol. The van der Waals surface area contributed by atoms with Crippen molar-refractivity contribution in [3.05, 3.63) is 65.3 Å². The first-order valence-corrected chi connectivity index (χ1v) is 23.2. The first kappa shape index (κ1) is 46.9. The van der Waals surface area contributed by atoms with Gasteiger partial charge in [0, 0.05) is 18.4 Å². The Labute approximate surface area is 376 Å². The lowest BCUT2D eigenvalue weighted by Crippen LogP contribution is -2.64. The number of fused-ring (bicyclic) bond motifs is 4. The number of benzene rings is 2. The number of unbranched alkanes of at least 4 members (excludes halogenated alkanes) is 9. The first-order valence-electron chi connectivity index (χ1n) is 22.8. The van der Waals surface area contributed by atoms with Crippen LogP contribution in [-0.2, 0) is 33.2 Å². The molecule has 0 spiro atoms. The molecule has 4 heterocycles. The average molecular weight is 896 g/mol. The Morgan fingerprint density at radius 1 is 0.857 bits per heavy atom. The van der Waals surface area contributed by atoms with Crippen LogP contribution in [0.15, 0.2) is 48.6 Å². The van der Waals surface area contributed by atoms with Crippen LogP contribution in [0.2, 0.25) is 0 Å². The third-order valence-electron chi connectivity index (χ3n) is 12.6. The maximum atomic E-state index is 13.8. The molecule has 0 amide bonds. The van der Waals surface area contributed by atoms with E-state index in [0.717, 1.165) is 32.1 Å². The van der Waals surface area contributed by atoms with Gasteiger partial charge in [-0.1, -0.05) is 69.8 Å². The smallest absolute Gasteiger partial charge is 0.310 e. The van der Waals surface area contributed by atoms with Crippen LogP contribution < -0.4 is 24.3 Å². The van der Waals surface area contributed by atoms with E-state index in [1.54, 1.807) is 19.1 Å². The van der Waals surface area contributed by atoms with E-state index in [9.17, 15) is 15.0 Å². The number of carbonyl (C=O) groups is 1. The second-order valence-corrected chi connectivity index (χ2v) is 17.2. The zero-order chi connectivity index (χ0) is 44.3. The summed E-state index contributed by atoms with van der Waals surface area (Å²) < 4.78 is 59.9. The summed E-state index contributed by atoms with van der Waals surface area (Å²) in [5.74, 6) is -1.02. The van der Waals surface area contributed by atoms with Crippen LogP contribution in [0.3, 0.4) is 0 Å². The van der Waals surface area contributed by atoms with Crippen molar-refractivity contribution >= 4 is 23.4 Å². The van der Waals surface area contributed by atoms with E-state index >= 15 is 0 Å². The van der Waals surface area contributed by atoms with Crippen LogP contribution in [0, 0.1) is 11.8 Å². The van der Waals surface area contributed by atoms with Gasteiger partial charge in [0.15, 0.2) is 41.7 Å². The number of aromatic hydroxyl groups is 1. The van der Waals surface area contributed by atoms with Crippen molar-refractivity contribution in [3.8, 4) is 28.7 Å². The van der Waals surface area contributed by atoms with E-state index in [4.69, 9.17) is 59.6 Å². The third kappa shape index (κ3) is 11.2. The van der Waals surface area contributed by atoms with Gasteiger partial charge in [-0.25, -0.2) is 0 Å². The molecule has 5 aliphatic rings. The SMILES string of the molecule is CCCCCC=CCC=CCCCCCCCCNC(=S)O[C@H]1C2O[C@H](C)OC[C@H]2O[C@@H](O[C@@H]2c3cc4c(cc3[C@@H](c3cc(OC)c(O)c(OC)c3)[C@H]3C(=O)OC[C@@H]32)OCO4)[C@@H]1O. The Bertz CT molecular complexity index is 1880. The molecule has 15 heteroatoms. The number of ether oxygens (including phenoxy) is 10. The molecule has 0 bridgehead atoms. The number of esters is 1. The largest absolute Gasteiger partial charge is 0.502 e. The van der Waals surface area contributed by atoms with Gasteiger partial charge in [0.1, 0.15) is 18.3 Å². The van der Waals surface area contributed by atoms with Gasteiger partial charge in [-0.3, -0.25) is 4.79 Å². The minimum absolute atomic E-state index is 0.0268. The van der Waals surface area contributed by atoms with Gasteiger partial charge in [-0.2, -0.15) is 0 Å². The van der Waals surface area contributed by atoms with E-state index in [0.29, 0.717) is 34.7 Å². The zero-order valence-corrected chi connectivity index (χ0v) is 37.8. The molecule has 346 valence electrons. The minimum Gasteiger partial charge on any atom is -0.502 e. The highest BCUT2D eigenvalue weighted by molar-refractivity contribution is 7.80. The number of aliphatic hydroxyl groups is 1. The number of hydrogen-bond donors (Lipinski definition) is 3. The molecule has 63 heavy (non-hydrogen) atoms. The quantitative estimate of drug-likeness (QED) is 0.0477. The van der Waals surface area contributed by atoms with E-state index in [-0.39, 0.29) is 42.4 Å². The fourth-order valence-corrected chi connectivity index (χ4v) is 9.54. The van der Waals surface area contributed by atoms with Crippen molar-refractivity contribution < 1.29 is 62.4 Å². The fraction of sp³-hybridized carbons (Fsp3) is 0.625. The highest BCUT2D eigenvalue weighted by Crippen LogP contribution is 2.57. The van der Waals surface area contributed by atoms with Crippen molar-refractivity contribution in [2.45, 2.75) is 140 Å². The van der Waals surface area contributed by atoms with E-state index in [1.807, 2.05) is 12.1 Å². The molecule has 1 aliphatic carbocycles. The average Bonchev–Trinajstić information content (AvgIpc) is 3.91. The highest BCUT2D eigenvalue weighted by Gasteiger charge is 2.57. The van der Waals surface area contributed by atoms with E-state index in [1.165, 1.54) is 59.2 Å². The topological polar surface area (TPSA) is 162 Å². The van der Waals surface area contributed by atoms with Gasteiger partial charge >= 0.3 is 5.97 Å². The number of nitrogens with one attached hydrogen (secondary N) is 1. The molecule has 0 saturated carbocycles. The summed E-state index contributed by atoms with van der Waals surface area (Å²) in [7, 11) is 2.90. The molecule has 0 aromatic heterocycles. The predicted octanol–water partition coefficient (Wildman–Crippen LogP) is 8.05. The number of thiocarbonyl (C=S) groups is 1. The molecule has 2 aromatic rings. The summed E-state index contributed by atoms with van der Waals surface area (Å²) in [6, 6.07) is 7.07. The summed E-state index contributed by atoms with van der Waals surface area (Å²) in [5.41, 5.74) is 2.06. The van der Waals surface area contributed by atoms with Gasteiger partial charge < -0.3 is 62.9 Å². The van der Waals surface area contributed by atoms with Crippen molar-refractivity contribution in [1.82, 2.24) is 5.32 Å². The number of methoxy groups -OCH3 is 2. The van der Waals surface area contributed by atoms with Gasteiger partial charge in [-0.15, -0.1) is 0 Å². The van der Waals surface area contributed by atoms with Gasteiger partial charge in [0.2, 0.25) is 12.5 Å². The monoisotopic (exact) mass is 895 g/mol. The maximum Gasteiger partial charge on any atom is 0.310 e. The van der Waals surface area contributed by atoms with Gasteiger partial charge in [0.25, 0.3) is 5.17 Å². The fourth-order valence-electron chi connectivity index (χ4n) is 9.32. The normalized spacial score (nSPS) is 28.4. The first-order chi connectivity index (χ1) is 30.7. The van der Waals surface area contributed by atoms with Crippen LogP contribution >= 0.6 is 12.2 Å².